The molecule has 0 bridgehead atoms. The zero-order valence-electron chi connectivity index (χ0n) is 17.6. The summed E-state index contributed by atoms with van der Waals surface area (Å²) < 4.78 is 5.54. The lowest BCUT2D eigenvalue weighted by molar-refractivity contribution is -0.148. The number of Topliss-reactive ketones (excluding diaryl/α,β-unsaturated/α-hetero) is 1. The van der Waals surface area contributed by atoms with Gasteiger partial charge < -0.3 is 4.74 Å². The van der Waals surface area contributed by atoms with Crippen LogP contribution in [-0.4, -0.2) is 17.9 Å². The Balaban J connectivity index is 1.62. The molecule has 6 atom stereocenters. The molecule has 2 fully saturated rings. The lowest BCUT2D eigenvalue weighted by Crippen LogP contribution is -2.50. The smallest absolute Gasteiger partial charge is 0.302 e. The van der Waals surface area contributed by atoms with E-state index in [1.807, 2.05) is 0 Å². The van der Waals surface area contributed by atoms with Crippen molar-refractivity contribution in [3.8, 4) is 0 Å². The molecule has 148 valence electrons. The van der Waals surface area contributed by atoms with Gasteiger partial charge in [0.2, 0.25) is 0 Å². The summed E-state index contributed by atoms with van der Waals surface area (Å²) in [4.78, 5) is 23.8. The topological polar surface area (TPSA) is 43.4 Å². The molecular formula is C24H34O3. The van der Waals surface area contributed by atoms with Crippen molar-refractivity contribution < 1.29 is 14.3 Å². The average molecular weight is 371 g/mol. The van der Waals surface area contributed by atoms with Crippen LogP contribution in [-0.2, 0) is 14.3 Å². The summed E-state index contributed by atoms with van der Waals surface area (Å²) in [5.41, 5.74) is 4.33. The largest absolute Gasteiger partial charge is 0.462 e. The van der Waals surface area contributed by atoms with Crippen molar-refractivity contribution in [3.05, 3.63) is 22.8 Å². The van der Waals surface area contributed by atoms with Crippen molar-refractivity contribution in [3.63, 3.8) is 0 Å². The first-order valence-corrected chi connectivity index (χ1v) is 10.7. The quantitative estimate of drug-likeness (QED) is 0.483. The Kier molecular flexibility index (Phi) is 4.44. The van der Waals surface area contributed by atoms with Crippen LogP contribution in [0.1, 0.15) is 79.6 Å². The summed E-state index contributed by atoms with van der Waals surface area (Å²) in [7, 11) is 0. The number of carbonyl (C=O) groups excluding carboxylic acids is 2. The second kappa shape index (κ2) is 6.32. The molecule has 2 saturated carbocycles. The molecular weight excluding hydrogens is 336 g/mol. The van der Waals surface area contributed by atoms with Gasteiger partial charge in [0.25, 0.3) is 0 Å². The lowest BCUT2D eigenvalue weighted by atomic mass is 9.47. The number of hydrogen-bond acceptors (Lipinski definition) is 3. The fourth-order valence-corrected chi connectivity index (χ4v) is 7.59. The van der Waals surface area contributed by atoms with Crippen LogP contribution in [0.5, 0.6) is 0 Å². The third-order valence-corrected chi connectivity index (χ3v) is 8.66. The summed E-state index contributed by atoms with van der Waals surface area (Å²) >= 11 is 0. The molecule has 0 unspecified atom stereocenters. The van der Waals surface area contributed by atoms with Crippen molar-refractivity contribution in [1.29, 1.82) is 0 Å². The van der Waals surface area contributed by atoms with Gasteiger partial charge in [-0.15, -0.1) is 0 Å². The second-order valence-electron chi connectivity index (χ2n) is 10.1. The van der Waals surface area contributed by atoms with E-state index in [-0.39, 0.29) is 28.7 Å². The summed E-state index contributed by atoms with van der Waals surface area (Å²) in [6.07, 6.45) is 10.1. The Morgan fingerprint density at radius 3 is 2.41 bits per heavy atom. The SMILES string of the molecule is CC(=O)O[C@@H]1CC[C@@]2(C)C(=CC[C@@H]3[C@@H]2CC[C@@]2(C)C(C(C)=O)=C(C)C[C@@H]32)C1. The van der Waals surface area contributed by atoms with Crippen LogP contribution in [0.2, 0.25) is 0 Å². The average Bonchev–Trinajstić information content (AvgIpc) is 2.85. The number of ketones is 1. The van der Waals surface area contributed by atoms with Crippen molar-refractivity contribution >= 4 is 11.8 Å². The fourth-order valence-electron chi connectivity index (χ4n) is 7.59. The lowest BCUT2D eigenvalue weighted by Gasteiger charge is -2.57. The zero-order chi connectivity index (χ0) is 19.6. The first-order chi connectivity index (χ1) is 12.7. The van der Waals surface area contributed by atoms with Gasteiger partial charge in [0, 0.05) is 13.3 Å². The summed E-state index contributed by atoms with van der Waals surface area (Å²) in [6.45, 7) is 10.3. The van der Waals surface area contributed by atoms with Crippen molar-refractivity contribution in [2.45, 2.75) is 85.7 Å². The Bertz CT molecular complexity index is 745. The van der Waals surface area contributed by atoms with Crippen LogP contribution < -0.4 is 0 Å². The highest BCUT2D eigenvalue weighted by atomic mass is 16.5. The molecule has 4 rings (SSSR count). The highest BCUT2D eigenvalue weighted by Crippen LogP contribution is 2.66. The normalized spacial score (nSPS) is 43.4. The molecule has 0 heterocycles. The molecule has 0 aromatic rings. The first kappa shape index (κ1) is 19.0. The fraction of sp³-hybridized carbons (Fsp3) is 0.750. The maximum atomic E-state index is 12.4. The Hall–Kier alpha value is -1.38. The van der Waals surface area contributed by atoms with Crippen molar-refractivity contribution in [2.24, 2.45) is 28.6 Å². The Morgan fingerprint density at radius 2 is 1.74 bits per heavy atom. The number of hydrogen-bond donors (Lipinski definition) is 0. The van der Waals surface area contributed by atoms with E-state index in [9.17, 15) is 9.59 Å². The molecule has 4 aliphatic rings. The van der Waals surface area contributed by atoms with E-state index < -0.39 is 0 Å². The third kappa shape index (κ3) is 2.76. The van der Waals surface area contributed by atoms with E-state index in [1.165, 1.54) is 24.5 Å². The Morgan fingerprint density at radius 1 is 1.04 bits per heavy atom. The van der Waals surface area contributed by atoms with Crippen LogP contribution >= 0.6 is 0 Å². The van der Waals surface area contributed by atoms with Gasteiger partial charge in [0.1, 0.15) is 6.10 Å². The van der Waals surface area contributed by atoms with Crippen LogP contribution in [0.4, 0.5) is 0 Å². The molecule has 27 heavy (non-hydrogen) atoms. The van der Waals surface area contributed by atoms with Gasteiger partial charge in [-0.25, -0.2) is 0 Å². The predicted molar refractivity (Wildman–Crippen MR) is 106 cm³/mol. The minimum atomic E-state index is -0.157. The number of esters is 1. The second-order valence-corrected chi connectivity index (χ2v) is 10.1. The number of carbonyl (C=O) groups is 2. The molecule has 4 aliphatic carbocycles. The molecule has 0 aromatic heterocycles. The van der Waals surface area contributed by atoms with E-state index in [0.717, 1.165) is 44.1 Å². The molecule has 0 saturated heterocycles. The van der Waals surface area contributed by atoms with Gasteiger partial charge in [-0.2, -0.15) is 0 Å². The highest BCUT2D eigenvalue weighted by molar-refractivity contribution is 5.96. The van der Waals surface area contributed by atoms with E-state index in [1.54, 1.807) is 6.92 Å². The van der Waals surface area contributed by atoms with Gasteiger partial charge in [-0.1, -0.05) is 31.1 Å². The van der Waals surface area contributed by atoms with E-state index >= 15 is 0 Å². The highest BCUT2D eigenvalue weighted by Gasteiger charge is 2.58. The maximum absolute atomic E-state index is 12.4. The maximum Gasteiger partial charge on any atom is 0.302 e. The zero-order valence-corrected chi connectivity index (χ0v) is 17.6. The van der Waals surface area contributed by atoms with Gasteiger partial charge in [-0.3, -0.25) is 9.59 Å². The van der Waals surface area contributed by atoms with Gasteiger partial charge >= 0.3 is 5.97 Å². The van der Waals surface area contributed by atoms with Gasteiger partial charge in [0.05, 0.1) is 0 Å². The molecule has 0 spiro atoms. The molecule has 0 radical (unpaired) electrons. The summed E-state index contributed by atoms with van der Waals surface area (Å²) in [6, 6.07) is 0. The molecule has 0 aliphatic heterocycles. The van der Waals surface area contributed by atoms with Gasteiger partial charge in [-0.05, 0) is 86.5 Å². The first-order valence-electron chi connectivity index (χ1n) is 10.7. The Labute approximate surface area is 163 Å². The van der Waals surface area contributed by atoms with Gasteiger partial charge in [0.15, 0.2) is 5.78 Å². The molecule has 0 aromatic carbocycles. The van der Waals surface area contributed by atoms with Crippen LogP contribution in [0.25, 0.3) is 0 Å². The number of fused-ring (bicyclic) bond motifs is 5. The standard InChI is InChI=1S/C24H34O3/c1-14-12-21-19-7-6-17-13-18(27-16(3)26)8-10-23(17,4)20(19)9-11-24(21,5)22(14)15(2)25/h6,18-21H,7-13H2,1-5H3/t18-,19-,20+,21+,23+,24-/m1/s1. The molecule has 0 amide bonds. The summed E-state index contributed by atoms with van der Waals surface area (Å²) in [5.74, 6) is 2.12. The molecule has 3 nitrogen and oxygen atoms in total. The van der Waals surface area contributed by atoms with Crippen LogP contribution in [0.15, 0.2) is 22.8 Å². The monoisotopic (exact) mass is 370 g/mol. The van der Waals surface area contributed by atoms with Crippen LogP contribution in [0, 0.1) is 28.6 Å². The molecule has 3 heteroatoms. The number of allylic oxidation sites excluding steroid dienone is 3. The van der Waals surface area contributed by atoms with Crippen molar-refractivity contribution in [2.75, 3.05) is 0 Å². The minimum absolute atomic E-state index is 0.0620. The minimum Gasteiger partial charge on any atom is -0.462 e. The van der Waals surface area contributed by atoms with E-state index in [2.05, 4.69) is 26.8 Å². The third-order valence-electron chi connectivity index (χ3n) is 8.66. The van der Waals surface area contributed by atoms with Crippen molar-refractivity contribution in [1.82, 2.24) is 0 Å². The van der Waals surface area contributed by atoms with E-state index in [4.69, 9.17) is 4.74 Å². The van der Waals surface area contributed by atoms with Crippen LogP contribution in [0.3, 0.4) is 0 Å². The number of rotatable bonds is 2. The predicted octanol–water partition coefficient (Wildman–Crippen LogP) is 5.40. The summed E-state index contributed by atoms with van der Waals surface area (Å²) in [5, 5.41) is 0. The van der Waals surface area contributed by atoms with E-state index in [0.29, 0.717) is 17.8 Å². The number of ether oxygens (including phenoxy) is 1. The molecule has 0 N–H and O–H groups in total.